The van der Waals surface area contributed by atoms with E-state index in [4.69, 9.17) is 21.5 Å². The minimum absolute atomic E-state index is 0.434. The van der Waals surface area contributed by atoms with Crippen LogP contribution in [0.25, 0.3) is 10.9 Å². The van der Waals surface area contributed by atoms with Gasteiger partial charge >= 0.3 is 0 Å². The summed E-state index contributed by atoms with van der Waals surface area (Å²) in [5.41, 5.74) is 7.15. The molecule has 174 valence electrons. The van der Waals surface area contributed by atoms with E-state index in [1.54, 1.807) is 17.6 Å². The van der Waals surface area contributed by atoms with E-state index < -0.39 is 5.91 Å². The maximum absolute atomic E-state index is 11.6. The molecule has 0 bridgehead atoms. The third kappa shape index (κ3) is 4.78. The van der Waals surface area contributed by atoms with Gasteiger partial charge < -0.3 is 9.30 Å². The smallest absolute Gasteiger partial charge is 0.274 e. The Morgan fingerprint density at radius 3 is 2.55 bits per heavy atom. The van der Waals surface area contributed by atoms with Crippen molar-refractivity contribution in [3.63, 3.8) is 0 Å². The highest BCUT2D eigenvalue weighted by Crippen LogP contribution is 2.33. The second-order valence-corrected chi connectivity index (χ2v) is 9.23. The van der Waals surface area contributed by atoms with Gasteiger partial charge in [0.15, 0.2) is 0 Å². The fraction of sp³-hybridized carbons (Fsp3) is 0.400. The SMILES string of the molecule is O=C(NO)c1ccc(Cn2c3c(c4cc(Cl)ccc42)CN(CCN2CCOCC2)CC3)cc1. The van der Waals surface area contributed by atoms with Crippen molar-refractivity contribution in [1.82, 2.24) is 19.8 Å². The number of rotatable bonds is 6. The number of amides is 1. The van der Waals surface area contributed by atoms with Gasteiger partial charge in [-0.1, -0.05) is 23.7 Å². The summed E-state index contributed by atoms with van der Waals surface area (Å²) in [4.78, 5) is 16.7. The first-order chi connectivity index (χ1) is 16.1. The average molecular weight is 469 g/mol. The third-order valence-electron chi connectivity index (χ3n) is 6.79. The number of halogens is 1. The fourth-order valence-corrected chi connectivity index (χ4v) is 5.14. The van der Waals surface area contributed by atoms with Gasteiger partial charge in [-0.25, -0.2) is 5.48 Å². The number of benzene rings is 2. The second-order valence-electron chi connectivity index (χ2n) is 8.79. The van der Waals surface area contributed by atoms with E-state index >= 15 is 0 Å². The number of hydroxylamine groups is 1. The van der Waals surface area contributed by atoms with E-state index in [0.717, 1.165) is 76.0 Å². The number of hydrogen-bond acceptors (Lipinski definition) is 5. The molecular weight excluding hydrogens is 440 g/mol. The summed E-state index contributed by atoms with van der Waals surface area (Å²) in [6.45, 7) is 8.54. The second kappa shape index (κ2) is 9.83. The molecular formula is C25H29ClN4O3. The van der Waals surface area contributed by atoms with Crippen molar-refractivity contribution in [1.29, 1.82) is 0 Å². The highest BCUT2D eigenvalue weighted by molar-refractivity contribution is 6.31. The first kappa shape index (κ1) is 22.4. The largest absolute Gasteiger partial charge is 0.379 e. The van der Waals surface area contributed by atoms with Gasteiger partial charge in [-0.05, 0) is 41.5 Å². The number of aromatic nitrogens is 1. The van der Waals surface area contributed by atoms with Crippen LogP contribution in [0.4, 0.5) is 0 Å². The lowest BCUT2D eigenvalue weighted by Gasteiger charge is -2.32. The number of nitrogens with zero attached hydrogens (tertiary/aromatic N) is 3. The normalized spacial score (nSPS) is 17.3. The zero-order valence-corrected chi connectivity index (χ0v) is 19.4. The molecule has 0 atom stereocenters. The van der Waals surface area contributed by atoms with Crippen LogP contribution in [0.2, 0.25) is 5.02 Å². The maximum Gasteiger partial charge on any atom is 0.274 e. The third-order valence-corrected chi connectivity index (χ3v) is 7.02. The molecule has 1 fully saturated rings. The number of morpholine rings is 1. The Hall–Kier alpha value is -2.42. The lowest BCUT2D eigenvalue weighted by molar-refractivity contribution is 0.0326. The lowest BCUT2D eigenvalue weighted by atomic mass is 10.0. The Balaban J connectivity index is 1.39. The van der Waals surface area contributed by atoms with Gasteiger partial charge in [0.2, 0.25) is 0 Å². The zero-order chi connectivity index (χ0) is 22.8. The van der Waals surface area contributed by atoms with E-state index in [9.17, 15) is 4.79 Å². The maximum atomic E-state index is 11.6. The van der Waals surface area contributed by atoms with Gasteiger partial charge in [0.25, 0.3) is 5.91 Å². The first-order valence-electron chi connectivity index (χ1n) is 11.5. The molecule has 1 saturated heterocycles. The molecule has 0 aliphatic carbocycles. The lowest BCUT2D eigenvalue weighted by Crippen LogP contribution is -2.42. The van der Waals surface area contributed by atoms with Crippen molar-refractivity contribution in [3.8, 4) is 0 Å². The van der Waals surface area contributed by atoms with E-state index in [1.807, 2.05) is 18.2 Å². The van der Waals surface area contributed by atoms with Crippen molar-refractivity contribution in [2.75, 3.05) is 45.9 Å². The molecule has 5 rings (SSSR count). The molecule has 1 aromatic heterocycles. The summed E-state index contributed by atoms with van der Waals surface area (Å²) >= 11 is 6.39. The Kier molecular flexibility index (Phi) is 6.66. The summed E-state index contributed by atoms with van der Waals surface area (Å²) < 4.78 is 7.86. The zero-order valence-electron chi connectivity index (χ0n) is 18.6. The van der Waals surface area contributed by atoms with Gasteiger partial charge in [-0.15, -0.1) is 0 Å². The monoisotopic (exact) mass is 468 g/mol. The molecule has 3 heterocycles. The Morgan fingerprint density at radius 1 is 1.03 bits per heavy atom. The highest BCUT2D eigenvalue weighted by Gasteiger charge is 2.25. The quantitative estimate of drug-likeness (QED) is 0.429. The van der Waals surface area contributed by atoms with Crippen LogP contribution in [-0.2, 0) is 24.2 Å². The summed E-state index contributed by atoms with van der Waals surface area (Å²) in [6, 6.07) is 13.5. The van der Waals surface area contributed by atoms with Gasteiger partial charge in [-0.3, -0.25) is 19.8 Å². The summed E-state index contributed by atoms with van der Waals surface area (Å²) in [5.74, 6) is -0.503. The van der Waals surface area contributed by atoms with Crippen molar-refractivity contribution in [2.45, 2.75) is 19.5 Å². The molecule has 7 nitrogen and oxygen atoms in total. The molecule has 8 heteroatoms. The number of nitrogens with one attached hydrogen (secondary N) is 1. The molecule has 0 radical (unpaired) electrons. The predicted molar refractivity (Wildman–Crippen MR) is 128 cm³/mol. The Bertz CT molecular complexity index is 1140. The van der Waals surface area contributed by atoms with Crippen LogP contribution in [0.3, 0.4) is 0 Å². The number of carbonyl (C=O) groups is 1. The summed E-state index contributed by atoms with van der Waals surface area (Å²) in [7, 11) is 0. The molecule has 3 aromatic rings. The van der Waals surface area contributed by atoms with Gasteiger partial charge in [-0.2, -0.15) is 0 Å². The van der Waals surface area contributed by atoms with Crippen LogP contribution in [0, 0.1) is 0 Å². The van der Waals surface area contributed by atoms with Crippen LogP contribution < -0.4 is 5.48 Å². The van der Waals surface area contributed by atoms with E-state index in [1.165, 1.54) is 22.2 Å². The van der Waals surface area contributed by atoms with E-state index in [2.05, 4.69) is 26.5 Å². The Morgan fingerprint density at radius 2 is 1.79 bits per heavy atom. The molecule has 2 aliphatic rings. The van der Waals surface area contributed by atoms with Crippen molar-refractivity contribution < 1.29 is 14.7 Å². The molecule has 1 amide bonds. The first-order valence-corrected chi connectivity index (χ1v) is 11.9. The van der Waals surface area contributed by atoms with E-state index in [-0.39, 0.29) is 0 Å². The summed E-state index contributed by atoms with van der Waals surface area (Å²) in [6.07, 6.45) is 0.996. The topological polar surface area (TPSA) is 70.0 Å². The number of carbonyl (C=O) groups excluding carboxylic acids is 1. The molecule has 2 N–H and O–H groups in total. The standard InChI is InChI=1S/C25H29ClN4O3/c26-20-5-6-23-21(15-20)22-17-29(10-9-28-11-13-33-14-12-28)8-7-24(22)30(23)16-18-1-3-19(4-2-18)25(31)27-32/h1-6,15,32H,7-14,16-17H2,(H,27,31). The molecule has 2 aliphatic heterocycles. The van der Waals surface area contributed by atoms with Crippen LogP contribution in [0.5, 0.6) is 0 Å². The highest BCUT2D eigenvalue weighted by atomic mass is 35.5. The fourth-order valence-electron chi connectivity index (χ4n) is 4.97. The number of fused-ring (bicyclic) bond motifs is 3. The van der Waals surface area contributed by atoms with Crippen LogP contribution >= 0.6 is 11.6 Å². The predicted octanol–water partition coefficient (Wildman–Crippen LogP) is 3.15. The number of hydrogen-bond donors (Lipinski definition) is 2. The van der Waals surface area contributed by atoms with Gasteiger partial charge in [0, 0.05) is 79.4 Å². The Labute approximate surface area is 198 Å². The van der Waals surface area contributed by atoms with E-state index in [0.29, 0.717) is 5.56 Å². The molecule has 33 heavy (non-hydrogen) atoms. The summed E-state index contributed by atoms with van der Waals surface area (Å²) in [5, 5.41) is 10.8. The minimum atomic E-state index is -0.503. The van der Waals surface area contributed by atoms with Crippen molar-refractivity contribution >= 4 is 28.4 Å². The van der Waals surface area contributed by atoms with Gasteiger partial charge in [0.05, 0.1) is 13.2 Å². The number of ether oxygens (including phenoxy) is 1. The van der Waals surface area contributed by atoms with Crippen LogP contribution in [0.1, 0.15) is 27.2 Å². The molecule has 0 unspecified atom stereocenters. The van der Waals surface area contributed by atoms with Crippen molar-refractivity contribution in [2.24, 2.45) is 0 Å². The molecule has 2 aromatic carbocycles. The molecule has 0 spiro atoms. The van der Waals surface area contributed by atoms with Crippen molar-refractivity contribution in [3.05, 3.63) is 69.9 Å². The molecule has 0 saturated carbocycles. The average Bonchev–Trinajstić information content (AvgIpc) is 3.15. The van der Waals surface area contributed by atoms with Gasteiger partial charge in [0.1, 0.15) is 0 Å². The van der Waals surface area contributed by atoms with Crippen LogP contribution in [0.15, 0.2) is 42.5 Å². The minimum Gasteiger partial charge on any atom is -0.379 e. The van der Waals surface area contributed by atoms with Crippen LogP contribution in [-0.4, -0.2) is 71.4 Å².